The molecule has 0 heterocycles. The number of hydrogen-bond acceptors (Lipinski definition) is 0. The van der Waals surface area contributed by atoms with Crippen LogP contribution >= 0.6 is 0 Å². The van der Waals surface area contributed by atoms with Gasteiger partial charge in [-0.1, -0.05) is 95.3 Å². The standard InChI is InChI=1S/C13H12.2C2H6.CH4/c1-11-6-5-9-13(10-11)12-7-3-2-4-8-12;2*1-2;/h2-10H,1H3;2*1-2H3;1H4. The molecule has 0 atom stereocenters. The molecule has 0 amide bonds. The third kappa shape index (κ3) is 6.24. The second kappa shape index (κ2) is 11.9. The summed E-state index contributed by atoms with van der Waals surface area (Å²) in [6.45, 7) is 10.1. The molecular weight excluding hydrogens is 216 g/mol. The van der Waals surface area contributed by atoms with E-state index in [-0.39, 0.29) is 7.43 Å². The van der Waals surface area contributed by atoms with E-state index in [9.17, 15) is 0 Å². The molecule has 2 rings (SSSR count). The zero-order valence-corrected chi connectivity index (χ0v) is 11.7. The van der Waals surface area contributed by atoms with Crippen molar-refractivity contribution in [1.29, 1.82) is 0 Å². The predicted octanol–water partition coefficient (Wildman–Crippen LogP) is 6.35. The summed E-state index contributed by atoms with van der Waals surface area (Å²) < 4.78 is 0. The van der Waals surface area contributed by atoms with Crippen LogP contribution in [0.2, 0.25) is 0 Å². The maximum absolute atomic E-state index is 2.20. The van der Waals surface area contributed by atoms with Crippen LogP contribution in [0.15, 0.2) is 54.6 Å². The topological polar surface area (TPSA) is 0 Å². The molecule has 0 aromatic heterocycles. The van der Waals surface area contributed by atoms with Crippen molar-refractivity contribution < 1.29 is 0 Å². The van der Waals surface area contributed by atoms with E-state index in [1.165, 1.54) is 16.7 Å². The molecule has 0 aliphatic carbocycles. The molecule has 0 nitrogen and oxygen atoms in total. The van der Waals surface area contributed by atoms with E-state index in [0.29, 0.717) is 0 Å². The minimum atomic E-state index is 0. The highest BCUT2D eigenvalue weighted by Gasteiger charge is 1.94. The molecule has 2 aromatic carbocycles. The maximum atomic E-state index is 2.20. The third-order valence-electron chi connectivity index (χ3n) is 2.13. The zero-order valence-electron chi connectivity index (χ0n) is 11.7. The van der Waals surface area contributed by atoms with Crippen molar-refractivity contribution >= 4 is 0 Å². The Balaban J connectivity index is 0. The number of aryl methyl sites for hydroxylation is 1. The normalized spacial score (nSPS) is 7.83. The van der Waals surface area contributed by atoms with E-state index >= 15 is 0 Å². The molecule has 0 N–H and O–H groups in total. The van der Waals surface area contributed by atoms with E-state index in [1.54, 1.807) is 0 Å². The van der Waals surface area contributed by atoms with Gasteiger partial charge in [0.25, 0.3) is 0 Å². The molecule has 100 valence electrons. The lowest BCUT2D eigenvalue weighted by atomic mass is 10.0. The molecule has 0 unspecified atom stereocenters. The summed E-state index contributed by atoms with van der Waals surface area (Å²) in [7, 11) is 0. The van der Waals surface area contributed by atoms with Gasteiger partial charge in [0.05, 0.1) is 0 Å². The molecule has 0 saturated heterocycles. The van der Waals surface area contributed by atoms with Gasteiger partial charge in [0.2, 0.25) is 0 Å². The van der Waals surface area contributed by atoms with Gasteiger partial charge in [-0.2, -0.15) is 0 Å². The first-order valence-electron chi connectivity index (χ1n) is 6.48. The van der Waals surface area contributed by atoms with Gasteiger partial charge in [0, 0.05) is 0 Å². The Morgan fingerprint density at radius 2 is 1.11 bits per heavy atom. The Bertz CT molecular complexity index is 388. The first-order valence-corrected chi connectivity index (χ1v) is 6.48. The smallest absolute Gasteiger partial charge is 0.0181 e. The number of rotatable bonds is 1. The van der Waals surface area contributed by atoms with E-state index in [2.05, 4.69) is 55.5 Å². The minimum absolute atomic E-state index is 0. The highest BCUT2D eigenvalue weighted by atomic mass is 14.0. The summed E-state index contributed by atoms with van der Waals surface area (Å²) in [5.41, 5.74) is 3.88. The summed E-state index contributed by atoms with van der Waals surface area (Å²) in [6.07, 6.45) is 0. The Labute approximate surface area is 114 Å². The second-order valence-corrected chi connectivity index (χ2v) is 3.24. The summed E-state index contributed by atoms with van der Waals surface area (Å²) in [5, 5.41) is 0. The van der Waals surface area contributed by atoms with Crippen LogP contribution in [0, 0.1) is 6.92 Å². The van der Waals surface area contributed by atoms with Gasteiger partial charge >= 0.3 is 0 Å². The van der Waals surface area contributed by atoms with Crippen molar-refractivity contribution in [3.8, 4) is 11.1 Å². The molecule has 0 spiro atoms. The third-order valence-corrected chi connectivity index (χ3v) is 2.13. The fourth-order valence-electron chi connectivity index (χ4n) is 1.46. The van der Waals surface area contributed by atoms with Crippen LogP contribution in [0.5, 0.6) is 0 Å². The lowest BCUT2D eigenvalue weighted by Crippen LogP contribution is -1.77. The molecule has 0 heteroatoms. The average molecular weight is 244 g/mol. The number of hydrogen-bond donors (Lipinski definition) is 0. The van der Waals surface area contributed by atoms with E-state index in [1.807, 2.05) is 33.8 Å². The van der Waals surface area contributed by atoms with Crippen molar-refractivity contribution in [2.45, 2.75) is 42.0 Å². The molecule has 0 aliphatic rings. The summed E-state index contributed by atoms with van der Waals surface area (Å²) in [5.74, 6) is 0. The Morgan fingerprint density at radius 1 is 0.611 bits per heavy atom. The van der Waals surface area contributed by atoms with Crippen molar-refractivity contribution in [3.05, 3.63) is 60.2 Å². The summed E-state index contributed by atoms with van der Waals surface area (Å²) in [6, 6.07) is 19.0. The quantitative estimate of drug-likeness (QED) is 0.548. The molecule has 0 saturated carbocycles. The second-order valence-electron chi connectivity index (χ2n) is 3.24. The van der Waals surface area contributed by atoms with Crippen molar-refractivity contribution in [1.82, 2.24) is 0 Å². The lowest BCUT2D eigenvalue weighted by molar-refractivity contribution is 1.47. The zero-order chi connectivity index (χ0) is 13.1. The highest BCUT2D eigenvalue weighted by molar-refractivity contribution is 5.63. The van der Waals surface area contributed by atoms with E-state index in [0.717, 1.165) is 0 Å². The molecule has 18 heavy (non-hydrogen) atoms. The fraction of sp³-hybridized carbons (Fsp3) is 0.333. The van der Waals surface area contributed by atoms with Crippen LogP contribution in [0.3, 0.4) is 0 Å². The highest BCUT2D eigenvalue weighted by Crippen LogP contribution is 2.19. The Hall–Kier alpha value is -1.56. The van der Waals surface area contributed by atoms with Gasteiger partial charge in [0.15, 0.2) is 0 Å². The van der Waals surface area contributed by atoms with Gasteiger partial charge in [-0.05, 0) is 18.1 Å². The maximum Gasteiger partial charge on any atom is -0.0181 e. The predicted molar refractivity (Wildman–Crippen MR) is 86.0 cm³/mol. The first kappa shape index (κ1) is 18.8. The first-order chi connectivity index (χ1) is 8.36. The van der Waals surface area contributed by atoms with Crippen LogP contribution in [-0.2, 0) is 0 Å². The van der Waals surface area contributed by atoms with Crippen LogP contribution in [0.1, 0.15) is 40.7 Å². The molecule has 0 bridgehead atoms. The largest absolute Gasteiger partial charge is 0.0776 e. The van der Waals surface area contributed by atoms with Crippen LogP contribution in [0.4, 0.5) is 0 Å². The SMILES string of the molecule is C.CC.CC.Cc1cccc(-c2ccccc2)c1. The monoisotopic (exact) mass is 244 g/mol. The minimum Gasteiger partial charge on any atom is -0.0776 e. The molecule has 0 aliphatic heterocycles. The lowest BCUT2D eigenvalue weighted by Gasteiger charge is -2.01. The van der Waals surface area contributed by atoms with Crippen LogP contribution in [0.25, 0.3) is 11.1 Å². The number of benzene rings is 2. The van der Waals surface area contributed by atoms with Gasteiger partial charge in [0.1, 0.15) is 0 Å². The molecular formula is C18H28. The van der Waals surface area contributed by atoms with E-state index < -0.39 is 0 Å². The van der Waals surface area contributed by atoms with Crippen LogP contribution in [-0.4, -0.2) is 0 Å². The molecule has 0 radical (unpaired) electrons. The van der Waals surface area contributed by atoms with Crippen molar-refractivity contribution in [2.24, 2.45) is 0 Å². The van der Waals surface area contributed by atoms with Crippen LogP contribution < -0.4 is 0 Å². The summed E-state index contributed by atoms with van der Waals surface area (Å²) >= 11 is 0. The van der Waals surface area contributed by atoms with Gasteiger partial charge in [-0.25, -0.2) is 0 Å². The average Bonchev–Trinajstić information content (AvgIpc) is 2.44. The Morgan fingerprint density at radius 3 is 1.61 bits per heavy atom. The molecule has 0 fully saturated rings. The van der Waals surface area contributed by atoms with Crippen molar-refractivity contribution in [3.63, 3.8) is 0 Å². The van der Waals surface area contributed by atoms with Gasteiger partial charge in [-0.15, -0.1) is 0 Å². The summed E-state index contributed by atoms with van der Waals surface area (Å²) in [4.78, 5) is 0. The molecule has 2 aromatic rings. The van der Waals surface area contributed by atoms with E-state index in [4.69, 9.17) is 0 Å². The Kier molecular flexibility index (Phi) is 12.4. The van der Waals surface area contributed by atoms with Gasteiger partial charge < -0.3 is 0 Å². The fourth-order valence-corrected chi connectivity index (χ4v) is 1.46. The van der Waals surface area contributed by atoms with Crippen molar-refractivity contribution in [2.75, 3.05) is 0 Å². The van der Waals surface area contributed by atoms with Gasteiger partial charge in [-0.3, -0.25) is 0 Å².